The molecule has 1 aliphatic rings. The van der Waals surface area contributed by atoms with Crippen molar-refractivity contribution in [3.63, 3.8) is 0 Å². The van der Waals surface area contributed by atoms with Gasteiger partial charge in [0, 0.05) is 13.2 Å². The molecule has 0 saturated heterocycles. The third kappa shape index (κ3) is 5.12. The van der Waals surface area contributed by atoms with Gasteiger partial charge in [0.1, 0.15) is 12.4 Å². The fourth-order valence-electron chi connectivity index (χ4n) is 4.21. The fraction of sp³-hybridized carbons (Fsp3) is 0.435. The van der Waals surface area contributed by atoms with E-state index >= 15 is 0 Å². The van der Waals surface area contributed by atoms with E-state index in [2.05, 4.69) is 24.3 Å². The number of carboxylic acid groups (broad SMARTS) is 1. The quantitative estimate of drug-likeness (QED) is 0.671. The molecular weight excluding hydrogens is 354 g/mol. The van der Waals surface area contributed by atoms with Gasteiger partial charge in [0.15, 0.2) is 0 Å². The van der Waals surface area contributed by atoms with Crippen LogP contribution < -0.4 is 4.74 Å². The van der Waals surface area contributed by atoms with E-state index in [-0.39, 0.29) is 12.6 Å². The fourth-order valence-corrected chi connectivity index (χ4v) is 4.21. The highest BCUT2D eigenvalue weighted by Crippen LogP contribution is 2.38. The number of ether oxygens (including phenoxy) is 2. The summed E-state index contributed by atoms with van der Waals surface area (Å²) in [6, 6.07) is 16.7. The molecule has 5 heteroatoms. The van der Waals surface area contributed by atoms with Crippen LogP contribution >= 0.6 is 0 Å². The first-order chi connectivity index (χ1) is 13.6. The van der Waals surface area contributed by atoms with E-state index in [1.165, 1.54) is 16.7 Å². The van der Waals surface area contributed by atoms with Crippen LogP contribution in [-0.4, -0.2) is 49.9 Å². The Kier molecular flexibility index (Phi) is 7.06. The average molecular weight is 383 g/mol. The summed E-state index contributed by atoms with van der Waals surface area (Å²) in [4.78, 5) is 13.3. The number of benzene rings is 2. The SMILES string of the molecule is COCCOc1ccc2c(c1)CCC(C(c1ccccc1)N(C)CC(=O)O)C2. The molecule has 150 valence electrons. The molecule has 5 nitrogen and oxygen atoms in total. The lowest BCUT2D eigenvalue weighted by Crippen LogP contribution is -2.36. The van der Waals surface area contributed by atoms with Gasteiger partial charge in [-0.3, -0.25) is 9.69 Å². The Morgan fingerprint density at radius 2 is 1.96 bits per heavy atom. The average Bonchev–Trinajstić information content (AvgIpc) is 2.68. The van der Waals surface area contributed by atoms with Crippen molar-refractivity contribution in [3.8, 4) is 5.75 Å². The standard InChI is InChI=1S/C23H29NO4/c1-24(16-22(25)26)23(17-6-4-3-5-7-17)20-9-8-19-15-21(28-13-12-27-2)11-10-18(19)14-20/h3-7,10-11,15,20,23H,8-9,12-14,16H2,1-2H3,(H,25,26). The molecule has 2 unspecified atom stereocenters. The van der Waals surface area contributed by atoms with Gasteiger partial charge in [0.2, 0.25) is 0 Å². The third-order valence-corrected chi connectivity index (χ3v) is 5.45. The van der Waals surface area contributed by atoms with Crippen LogP contribution in [0.15, 0.2) is 48.5 Å². The molecule has 2 aromatic carbocycles. The third-order valence-electron chi connectivity index (χ3n) is 5.45. The zero-order chi connectivity index (χ0) is 19.9. The molecule has 0 fully saturated rings. The molecule has 0 bridgehead atoms. The number of nitrogens with zero attached hydrogens (tertiary/aromatic N) is 1. The van der Waals surface area contributed by atoms with Crippen LogP contribution in [0.5, 0.6) is 5.75 Å². The minimum atomic E-state index is -0.794. The number of rotatable bonds is 9. The predicted molar refractivity (Wildman–Crippen MR) is 109 cm³/mol. The van der Waals surface area contributed by atoms with Crippen molar-refractivity contribution < 1.29 is 19.4 Å². The Labute approximate surface area is 166 Å². The van der Waals surface area contributed by atoms with Gasteiger partial charge in [0.25, 0.3) is 0 Å². The van der Waals surface area contributed by atoms with E-state index in [0.29, 0.717) is 19.1 Å². The molecule has 0 radical (unpaired) electrons. The van der Waals surface area contributed by atoms with Crippen molar-refractivity contribution >= 4 is 5.97 Å². The number of likely N-dealkylation sites (N-methyl/N-ethyl adjacent to an activating group) is 1. The number of carbonyl (C=O) groups is 1. The Hall–Kier alpha value is -2.37. The summed E-state index contributed by atoms with van der Waals surface area (Å²) < 4.78 is 10.8. The minimum Gasteiger partial charge on any atom is -0.491 e. The van der Waals surface area contributed by atoms with E-state index in [0.717, 1.165) is 25.0 Å². The van der Waals surface area contributed by atoms with Crippen LogP contribution in [-0.2, 0) is 22.4 Å². The van der Waals surface area contributed by atoms with Crippen LogP contribution in [0.4, 0.5) is 0 Å². The molecule has 1 N–H and O–H groups in total. The molecule has 2 atom stereocenters. The van der Waals surface area contributed by atoms with Gasteiger partial charge in [-0.25, -0.2) is 0 Å². The van der Waals surface area contributed by atoms with Crippen molar-refractivity contribution in [2.45, 2.75) is 25.3 Å². The van der Waals surface area contributed by atoms with Crippen LogP contribution in [0.1, 0.15) is 29.2 Å². The molecule has 0 saturated carbocycles. The molecule has 28 heavy (non-hydrogen) atoms. The van der Waals surface area contributed by atoms with Gasteiger partial charge in [0.05, 0.1) is 13.2 Å². The molecule has 3 rings (SSSR count). The summed E-state index contributed by atoms with van der Waals surface area (Å²) >= 11 is 0. The second-order valence-corrected chi connectivity index (χ2v) is 7.44. The Bertz CT molecular complexity index is 777. The van der Waals surface area contributed by atoms with Gasteiger partial charge in [-0.15, -0.1) is 0 Å². The molecule has 2 aromatic rings. The summed E-state index contributed by atoms with van der Waals surface area (Å²) in [6.45, 7) is 1.16. The van der Waals surface area contributed by atoms with Crippen molar-refractivity contribution in [1.82, 2.24) is 4.90 Å². The van der Waals surface area contributed by atoms with E-state index in [1.54, 1.807) is 7.11 Å². The van der Waals surface area contributed by atoms with E-state index < -0.39 is 5.97 Å². The van der Waals surface area contributed by atoms with Crippen LogP contribution in [0.25, 0.3) is 0 Å². The number of methoxy groups -OCH3 is 1. The van der Waals surface area contributed by atoms with Gasteiger partial charge < -0.3 is 14.6 Å². The van der Waals surface area contributed by atoms with Gasteiger partial charge in [-0.2, -0.15) is 0 Å². The first kappa shape index (κ1) is 20.4. The zero-order valence-corrected chi connectivity index (χ0v) is 16.6. The Balaban J connectivity index is 1.77. The van der Waals surface area contributed by atoms with Crippen molar-refractivity contribution in [1.29, 1.82) is 0 Å². The molecule has 0 amide bonds. The maximum absolute atomic E-state index is 11.3. The number of hydrogen-bond donors (Lipinski definition) is 1. The monoisotopic (exact) mass is 383 g/mol. The zero-order valence-electron chi connectivity index (χ0n) is 16.6. The lowest BCUT2D eigenvalue weighted by molar-refractivity contribution is -0.138. The molecule has 0 aliphatic heterocycles. The number of carboxylic acids is 1. The maximum atomic E-state index is 11.3. The number of aliphatic carboxylic acids is 1. The number of hydrogen-bond acceptors (Lipinski definition) is 4. The summed E-state index contributed by atoms with van der Waals surface area (Å²) in [5.41, 5.74) is 3.85. The minimum absolute atomic E-state index is 0.0369. The molecule has 1 aliphatic carbocycles. The molecule has 0 heterocycles. The highest BCUT2D eigenvalue weighted by molar-refractivity contribution is 5.69. The van der Waals surface area contributed by atoms with Gasteiger partial charge >= 0.3 is 5.97 Å². The predicted octanol–water partition coefficient (Wildman–Crippen LogP) is 3.57. The number of aryl methyl sites for hydroxylation is 1. The summed E-state index contributed by atoms with van der Waals surface area (Å²) in [7, 11) is 3.58. The summed E-state index contributed by atoms with van der Waals surface area (Å²) in [5.74, 6) is 0.467. The number of fused-ring (bicyclic) bond motifs is 1. The lowest BCUT2D eigenvalue weighted by atomic mass is 9.77. The van der Waals surface area contributed by atoms with Crippen LogP contribution in [0.2, 0.25) is 0 Å². The smallest absolute Gasteiger partial charge is 0.317 e. The van der Waals surface area contributed by atoms with Crippen LogP contribution in [0.3, 0.4) is 0 Å². The molecule has 0 spiro atoms. The summed E-state index contributed by atoms with van der Waals surface area (Å²) in [6.07, 6.45) is 2.95. The van der Waals surface area contributed by atoms with Crippen LogP contribution in [0, 0.1) is 5.92 Å². The van der Waals surface area contributed by atoms with E-state index in [4.69, 9.17) is 9.47 Å². The van der Waals surface area contributed by atoms with E-state index in [9.17, 15) is 9.90 Å². The Morgan fingerprint density at radius 1 is 1.18 bits per heavy atom. The highest BCUT2D eigenvalue weighted by Gasteiger charge is 2.31. The first-order valence-electron chi connectivity index (χ1n) is 9.79. The second kappa shape index (κ2) is 9.71. The van der Waals surface area contributed by atoms with Gasteiger partial charge in [-0.1, -0.05) is 36.4 Å². The van der Waals surface area contributed by atoms with Gasteiger partial charge in [-0.05, 0) is 61.1 Å². The molecular formula is C23H29NO4. The lowest BCUT2D eigenvalue weighted by Gasteiger charge is -2.37. The largest absolute Gasteiger partial charge is 0.491 e. The summed E-state index contributed by atoms with van der Waals surface area (Å²) in [5, 5.41) is 9.29. The maximum Gasteiger partial charge on any atom is 0.317 e. The van der Waals surface area contributed by atoms with E-state index in [1.807, 2.05) is 36.2 Å². The topological polar surface area (TPSA) is 59.0 Å². The second-order valence-electron chi connectivity index (χ2n) is 7.44. The molecule has 0 aromatic heterocycles. The normalized spacial score (nSPS) is 17.2. The Morgan fingerprint density at radius 3 is 2.68 bits per heavy atom. The van der Waals surface area contributed by atoms with Crippen molar-refractivity contribution in [2.24, 2.45) is 5.92 Å². The first-order valence-corrected chi connectivity index (χ1v) is 9.79. The van der Waals surface area contributed by atoms with Crippen molar-refractivity contribution in [3.05, 3.63) is 65.2 Å². The highest BCUT2D eigenvalue weighted by atomic mass is 16.5. The van der Waals surface area contributed by atoms with Crippen molar-refractivity contribution in [2.75, 3.05) is 33.9 Å².